The molecule has 6 nitrogen and oxygen atoms in total. The maximum absolute atomic E-state index is 12.5. The van der Waals surface area contributed by atoms with E-state index >= 15 is 0 Å². The van der Waals surface area contributed by atoms with Gasteiger partial charge < -0.3 is 15.8 Å². The summed E-state index contributed by atoms with van der Waals surface area (Å²) in [4.78, 5) is 16.4. The van der Waals surface area contributed by atoms with Gasteiger partial charge >= 0.3 is 0 Å². The third kappa shape index (κ3) is 3.95. The molecule has 7 heteroatoms. The van der Waals surface area contributed by atoms with Crippen LogP contribution in [0.1, 0.15) is 15.9 Å². The molecule has 0 saturated carbocycles. The van der Waals surface area contributed by atoms with Crippen molar-refractivity contribution in [1.82, 2.24) is 9.80 Å². The molecular weight excluding hydrogens is 336 g/mol. The lowest BCUT2D eigenvalue weighted by molar-refractivity contribution is 0.0653. The first-order chi connectivity index (χ1) is 10.0. The zero-order valence-electron chi connectivity index (χ0n) is 11.9. The number of oxime groups is 1. The van der Waals surface area contributed by atoms with E-state index in [0.717, 1.165) is 23.1 Å². The fraction of sp³-hybridized carbons (Fsp3) is 0.429. The first kappa shape index (κ1) is 15.8. The maximum atomic E-state index is 12.5. The SMILES string of the molecule is Cc1cc(C(=O)N2CCN(C/C(N)=N/O)CC2)ccc1Br. The van der Waals surface area contributed by atoms with E-state index in [1.807, 2.05) is 30.0 Å². The standard InChI is InChI=1S/C14H19BrN4O2/c1-10-8-11(2-3-12(10)15)14(20)19-6-4-18(5-7-19)9-13(16)17-21/h2-3,8,21H,4-7,9H2,1H3,(H2,16,17). The molecule has 1 aromatic carbocycles. The molecule has 0 atom stereocenters. The second-order valence-corrected chi connectivity index (χ2v) is 5.98. The van der Waals surface area contributed by atoms with E-state index in [2.05, 4.69) is 26.0 Å². The molecule has 114 valence electrons. The topological polar surface area (TPSA) is 82.2 Å². The van der Waals surface area contributed by atoms with E-state index in [9.17, 15) is 4.79 Å². The van der Waals surface area contributed by atoms with Crippen LogP contribution < -0.4 is 5.73 Å². The number of nitrogens with zero attached hydrogens (tertiary/aromatic N) is 3. The molecule has 0 aliphatic carbocycles. The van der Waals surface area contributed by atoms with Crippen molar-refractivity contribution in [3.8, 4) is 0 Å². The summed E-state index contributed by atoms with van der Waals surface area (Å²) in [6, 6.07) is 5.63. The number of rotatable bonds is 3. The molecule has 1 aliphatic heterocycles. The van der Waals surface area contributed by atoms with E-state index < -0.39 is 0 Å². The third-order valence-corrected chi connectivity index (χ3v) is 4.47. The van der Waals surface area contributed by atoms with Crippen molar-refractivity contribution in [2.24, 2.45) is 10.9 Å². The zero-order valence-corrected chi connectivity index (χ0v) is 13.5. The minimum Gasteiger partial charge on any atom is -0.409 e. The van der Waals surface area contributed by atoms with E-state index in [1.54, 1.807) is 0 Å². The van der Waals surface area contributed by atoms with Crippen molar-refractivity contribution >= 4 is 27.7 Å². The predicted molar refractivity (Wildman–Crippen MR) is 84.6 cm³/mol. The van der Waals surface area contributed by atoms with Gasteiger partial charge in [0.2, 0.25) is 0 Å². The highest BCUT2D eigenvalue weighted by Gasteiger charge is 2.22. The largest absolute Gasteiger partial charge is 0.409 e. The molecule has 2 rings (SSSR count). The molecule has 1 aliphatic rings. The van der Waals surface area contributed by atoms with Gasteiger partial charge in [0.05, 0.1) is 6.54 Å². The Morgan fingerprint density at radius 1 is 1.38 bits per heavy atom. The number of nitrogens with two attached hydrogens (primary N) is 1. The summed E-state index contributed by atoms with van der Waals surface area (Å²) in [6.45, 7) is 5.12. The first-order valence-corrected chi connectivity index (χ1v) is 7.54. The van der Waals surface area contributed by atoms with Crippen molar-refractivity contribution < 1.29 is 10.0 Å². The van der Waals surface area contributed by atoms with Crippen LogP contribution in [0, 0.1) is 6.92 Å². The van der Waals surface area contributed by atoms with Crippen LogP contribution in [0.3, 0.4) is 0 Å². The van der Waals surface area contributed by atoms with Gasteiger partial charge in [0.1, 0.15) is 0 Å². The normalized spacial score (nSPS) is 17.0. The molecule has 1 amide bonds. The van der Waals surface area contributed by atoms with E-state index in [-0.39, 0.29) is 11.7 Å². The monoisotopic (exact) mass is 354 g/mol. The highest BCUT2D eigenvalue weighted by atomic mass is 79.9. The van der Waals surface area contributed by atoms with Gasteiger partial charge in [-0.3, -0.25) is 9.69 Å². The first-order valence-electron chi connectivity index (χ1n) is 6.75. The van der Waals surface area contributed by atoms with E-state index in [1.165, 1.54) is 0 Å². The lowest BCUT2D eigenvalue weighted by Gasteiger charge is -2.34. The summed E-state index contributed by atoms with van der Waals surface area (Å²) >= 11 is 3.44. The lowest BCUT2D eigenvalue weighted by atomic mass is 10.1. The molecule has 1 saturated heterocycles. The number of aryl methyl sites for hydroxylation is 1. The summed E-state index contributed by atoms with van der Waals surface area (Å²) in [7, 11) is 0. The van der Waals surface area contributed by atoms with Crippen LogP contribution in [0.4, 0.5) is 0 Å². The average Bonchev–Trinajstić information content (AvgIpc) is 2.50. The second-order valence-electron chi connectivity index (χ2n) is 5.12. The lowest BCUT2D eigenvalue weighted by Crippen LogP contribution is -2.50. The number of carbonyl (C=O) groups is 1. The number of amides is 1. The predicted octanol–water partition coefficient (Wildman–Crippen LogP) is 1.26. The number of hydrogen-bond donors (Lipinski definition) is 2. The van der Waals surface area contributed by atoms with Crippen LogP contribution in [0.2, 0.25) is 0 Å². The average molecular weight is 355 g/mol. The molecule has 1 heterocycles. The van der Waals surface area contributed by atoms with Crippen molar-refractivity contribution in [2.75, 3.05) is 32.7 Å². The molecular formula is C14H19BrN4O2. The Kier molecular flexibility index (Phi) is 5.19. The third-order valence-electron chi connectivity index (χ3n) is 3.58. The maximum Gasteiger partial charge on any atom is 0.253 e. The Bertz CT molecular complexity index is 554. The van der Waals surface area contributed by atoms with Crippen LogP contribution in [0.15, 0.2) is 27.8 Å². The van der Waals surface area contributed by atoms with Crippen LogP contribution in [0.25, 0.3) is 0 Å². The van der Waals surface area contributed by atoms with Crippen molar-refractivity contribution in [1.29, 1.82) is 0 Å². The zero-order chi connectivity index (χ0) is 15.4. The van der Waals surface area contributed by atoms with Gasteiger partial charge in [-0.2, -0.15) is 0 Å². The van der Waals surface area contributed by atoms with Crippen LogP contribution in [-0.4, -0.2) is 59.5 Å². The van der Waals surface area contributed by atoms with Crippen molar-refractivity contribution in [2.45, 2.75) is 6.92 Å². The number of benzene rings is 1. The summed E-state index contributed by atoms with van der Waals surface area (Å²) in [6.07, 6.45) is 0. The highest BCUT2D eigenvalue weighted by molar-refractivity contribution is 9.10. The fourth-order valence-corrected chi connectivity index (χ4v) is 2.58. The Labute approximate surface area is 132 Å². The number of carbonyl (C=O) groups excluding carboxylic acids is 1. The molecule has 1 aromatic rings. The van der Waals surface area contributed by atoms with Gasteiger partial charge in [-0.05, 0) is 30.7 Å². The highest BCUT2D eigenvalue weighted by Crippen LogP contribution is 2.18. The van der Waals surface area contributed by atoms with E-state index in [0.29, 0.717) is 25.2 Å². The quantitative estimate of drug-likeness (QED) is 0.370. The minimum absolute atomic E-state index is 0.0500. The molecule has 0 spiro atoms. The Balaban J connectivity index is 1.95. The summed E-state index contributed by atoms with van der Waals surface area (Å²) in [5.41, 5.74) is 7.25. The number of piperazine rings is 1. The molecule has 0 radical (unpaired) electrons. The summed E-state index contributed by atoms with van der Waals surface area (Å²) in [5.74, 6) is 0.243. The molecule has 21 heavy (non-hydrogen) atoms. The number of amidine groups is 1. The Morgan fingerprint density at radius 3 is 2.62 bits per heavy atom. The summed E-state index contributed by atoms with van der Waals surface area (Å²) < 4.78 is 1.00. The van der Waals surface area contributed by atoms with Crippen LogP contribution >= 0.6 is 15.9 Å². The van der Waals surface area contributed by atoms with Gasteiger partial charge in [-0.25, -0.2) is 0 Å². The smallest absolute Gasteiger partial charge is 0.253 e. The molecule has 3 N–H and O–H groups in total. The van der Waals surface area contributed by atoms with Gasteiger partial charge in [-0.15, -0.1) is 0 Å². The molecule has 0 unspecified atom stereocenters. The van der Waals surface area contributed by atoms with Crippen LogP contribution in [-0.2, 0) is 0 Å². The Morgan fingerprint density at radius 2 is 2.05 bits per heavy atom. The summed E-state index contributed by atoms with van der Waals surface area (Å²) in [5, 5.41) is 11.5. The van der Waals surface area contributed by atoms with Crippen molar-refractivity contribution in [3.63, 3.8) is 0 Å². The second kappa shape index (κ2) is 6.91. The number of halogens is 1. The minimum atomic E-state index is 0.0500. The molecule has 0 aromatic heterocycles. The Hall–Kier alpha value is -1.60. The van der Waals surface area contributed by atoms with Crippen molar-refractivity contribution in [3.05, 3.63) is 33.8 Å². The number of hydrogen-bond acceptors (Lipinski definition) is 4. The fourth-order valence-electron chi connectivity index (χ4n) is 2.33. The molecule has 1 fully saturated rings. The van der Waals surface area contributed by atoms with E-state index in [4.69, 9.17) is 10.9 Å². The van der Waals surface area contributed by atoms with Gasteiger partial charge in [0.25, 0.3) is 5.91 Å². The molecule has 0 bridgehead atoms. The van der Waals surface area contributed by atoms with Crippen LogP contribution in [0.5, 0.6) is 0 Å². The van der Waals surface area contributed by atoms with Gasteiger partial charge in [-0.1, -0.05) is 21.1 Å². The van der Waals surface area contributed by atoms with Gasteiger partial charge in [0.15, 0.2) is 5.84 Å². The van der Waals surface area contributed by atoms with Gasteiger partial charge in [0, 0.05) is 36.2 Å².